The first-order chi connectivity index (χ1) is 13.6. The van der Waals surface area contributed by atoms with Crippen molar-refractivity contribution in [1.29, 1.82) is 0 Å². The van der Waals surface area contributed by atoms with Crippen LogP contribution in [0.25, 0.3) is 0 Å². The van der Waals surface area contributed by atoms with E-state index in [9.17, 15) is 13.9 Å². The minimum Gasteiger partial charge on any atom is -0.505 e. The van der Waals surface area contributed by atoms with Gasteiger partial charge >= 0.3 is 0 Å². The standard InChI is InChI=1S/C22H30F2O4/c23-20-18(25)9-10-19(21(20)24)28-13-14-1-3-15(4-2-14)16-5-7-17(8-6-16)22-26-11-12-27-22/h9-10,14-17,22,25H,1-8,11-13H2. The third kappa shape index (κ3) is 4.43. The fraction of sp³-hybridized carbons (Fsp3) is 0.727. The zero-order chi connectivity index (χ0) is 19.5. The summed E-state index contributed by atoms with van der Waals surface area (Å²) in [5, 5.41) is 9.19. The number of ether oxygens (including phenoxy) is 3. The molecule has 4 nitrogen and oxygen atoms in total. The van der Waals surface area contributed by atoms with Crippen molar-refractivity contribution in [2.24, 2.45) is 23.7 Å². The molecule has 1 N–H and O–H groups in total. The first-order valence-electron chi connectivity index (χ1n) is 10.6. The Kier molecular flexibility index (Phi) is 6.36. The molecule has 0 unspecified atom stereocenters. The smallest absolute Gasteiger partial charge is 0.204 e. The van der Waals surface area contributed by atoms with E-state index in [1.165, 1.54) is 44.6 Å². The molecule has 0 radical (unpaired) electrons. The van der Waals surface area contributed by atoms with Crippen LogP contribution in [0, 0.1) is 35.3 Å². The maximum atomic E-state index is 13.8. The van der Waals surface area contributed by atoms with Gasteiger partial charge in [-0.15, -0.1) is 0 Å². The van der Waals surface area contributed by atoms with Crippen molar-refractivity contribution < 1.29 is 28.1 Å². The maximum Gasteiger partial charge on any atom is 0.204 e. The Labute approximate surface area is 165 Å². The van der Waals surface area contributed by atoms with Crippen molar-refractivity contribution in [1.82, 2.24) is 0 Å². The van der Waals surface area contributed by atoms with Gasteiger partial charge < -0.3 is 19.3 Å². The molecule has 0 amide bonds. The van der Waals surface area contributed by atoms with Crippen LogP contribution in [-0.2, 0) is 9.47 Å². The van der Waals surface area contributed by atoms with Crippen LogP contribution in [0.15, 0.2) is 12.1 Å². The number of benzene rings is 1. The zero-order valence-electron chi connectivity index (χ0n) is 16.2. The van der Waals surface area contributed by atoms with Gasteiger partial charge in [-0.05, 0) is 81.3 Å². The summed E-state index contributed by atoms with van der Waals surface area (Å²) in [6.07, 6.45) is 9.46. The van der Waals surface area contributed by atoms with Gasteiger partial charge in [0.15, 0.2) is 17.8 Å². The largest absolute Gasteiger partial charge is 0.505 e. The summed E-state index contributed by atoms with van der Waals surface area (Å²) >= 11 is 0. The van der Waals surface area contributed by atoms with Crippen LogP contribution in [0.1, 0.15) is 51.4 Å². The van der Waals surface area contributed by atoms with Gasteiger partial charge in [0.1, 0.15) is 0 Å². The molecule has 1 aromatic carbocycles. The number of hydrogen-bond donors (Lipinski definition) is 1. The van der Waals surface area contributed by atoms with E-state index < -0.39 is 17.4 Å². The van der Waals surface area contributed by atoms with E-state index in [2.05, 4.69) is 0 Å². The summed E-state index contributed by atoms with van der Waals surface area (Å²) < 4.78 is 44.1. The Bertz CT molecular complexity index is 646. The lowest BCUT2D eigenvalue weighted by atomic mass is 9.69. The summed E-state index contributed by atoms with van der Waals surface area (Å²) in [6, 6.07) is 2.41. The molecule has 1 heterocycles. The number of rotatable bonds is 5. The molecule has 0 aromatic heterocycles. The minimum absolute atomic E-state index is 0.0268. The van der Waals surface area contributed by atoms with Gasteiger partial charge in [0.2, 0.25) is 11.6 Å². The number of aromatic hydroxyl groups is 1. The van der Waals surface area contributed by atoms with E-state index in [-0.39, 0.29) is 12.0 Å². The molecule has 3 fully saturated rings. The Morgan fingerprint density at radius 2 is 1.39 bits per heavy atom. The van der Waals surface area contributed by atoms with Gasteiger partial charge in [0.05, 0.1) is 19.8 Å². The molecule has 156 valence electrons. The van der Waals surface area contributed by atoms with Crippen molar-refractivity contribution in [3.8, 4) is 11.5 Å². The fourth-order valence-corrected chi connectivity index (χ4v) is 5.20. The number of phenolic OH excluding ortho intramolecular Hbond substituents is 1. The molecule has 28 heavy (non-hydrogen) atoms. The molecule has 0 spiro atoms. The summed E-state index contributed by atoms with van der Waals surface area (Å²) in [6.45, 7) is 1.87. The number of phenols is 1. The topological polar surface area (TPSA) is 47.9 Å². The van der Waals surface area contributed by atoms with E-state index in [1.54, 1.807) is 0 Å². The lowest BCUT2D eigenvalue weighted by Crippen LogP contribution is -2.31. The van der Waals surface area contributed by atoms with E-state index >= 15 is 0 Å². The zero-order valence-corrected chi connectivity index (χ0v) is 16.2. The first-order valence-corrected chi connectivity index (χ1v) is 10.6. The van der Waals surface area contributed by atoms with Crippen LogP contribution in [0.4, 0.5) is 8.78 Å². The second kappa shape index (κ2) is 8.95. The molecule has 0 atom stereocenters. The molecule has 3 aliphatic rings. The summed E-state index contributed by atoms with van der Waals surface area (Å²) in [5.74, 6) is -0.661. The highest BCUT2D eigenvalue weighted by Gasteiger charge is 2.35. The van der Waals surface area contributed by atoms with Gasteiger partial charge in [-0.3, -0.25) is 0 Å². The van der Waals surface area contributed by atoms with Gasteiger partial charge in [-0.2, -0.15) is 8.78 Å². The van der Waals surface area contributed by atoms with E-state index in [0.717, 1.165) is 44.0 Å². The molecule has 2 aliphatic carbocycles. The van der Waals surface area contributed by atoms with Gasteiger partial charge in [0, 0.05) is 5.92 Å². The molecular formula is C22H30F2O4. The Hall–Kier alpha value is -1.40. The summed E-state index contributed by atoms with van der Waals surface area (Å²) in [4.78, 5) is 0. The van der Waals surface area contributed by atoms with Crippen molar-refractivity contribution >= 4 is 0 Å². The maximum absolute atomic E-state index is 13.8. The highest BCUT2D eigenvalue weighted by Crippen LogP contribution is 2.43. The second-order valence-corrected chi connectivity index (χ2v) is 8.59. The Morgan fingerprint density at radius 3 is 2.04 bits per heavy atom. The summed E-state index contributed by atoms with van der Waals surface area (Å²) in [5.41, 5.74) is 0. The molecular weight excluding hydrogens is 366 g/mol. The number of halogens is 2. The lowest BCUT2D eigenvalue weighted by Gasteiger charge is -2.38. The fourth-order valence-electron chi connectivity index (χ4n) is 5.20. The average Bonchev–Trinajstić information content (AvgIpc) is 3.27. The van der Waals surface area contributed by atoms with Gasteiger partial charge in [0.25, 0.3) is 0 Å². The molecule has 1 saturated heterocycles. The second-order valence-electron chi connectivity index (χ2n) is 8.59. The van der Waals surface area contributed by atoms with Crippen LogP contribution in [0.2, 0.25) is 0 Å². The predicted molar refractivity (Wildman–Crippen MR) is 100 cm³/mol. The molecule has 6 heteroatoms. The quantitative estimate of drug-likeness (QED) is 0.758. The highest BCUT2D eigenvalue weighted by atomic mass is 19.2. The van der Waals surface area contributed by atoms with E-state index in [1.807, 2.05) is 0 Å². The van der Waals surface area contributed by atoms with E-state index in [4.69, 9.17) is 14.2 Å². The highest BCUT2D eigenvalue weighted by molar-refractivity contribution is 5.33. The van der Waals surface area contributed by atoms with Gasteiger partial charge in [-0.25, -0.2) is 0 Å². The SMILES string of the molecule is Oc1ccc(OCC2CCC(C3CCC(C4OCCO4)CC3)CC2)c(F)c1F. The molecule has 0 bridgehead atoms. The van der Waals surface area contributed by atoms with Crippen LogP contribution in [-0.4, -0.2) is 31.2 Å². The van der Waals surface area contributed by atoms with Crippen molar-refractivity contribution in [2.45, 2.75) is 57.7 Å². The third-order valence-electron chi connectivity index (χ3n) is 6.91. The normalized spacial score (nSPS) is 31.8. The number of hydrogen-bond acceptors (Lipinski definition) is 4. The molecule has 4 rings (SSSR count). The predicted octanol–water partition coefficient (Wildman–Crippen LogP) is 5.03. The van der Waals surface area contributed by atoms with Crippen LogP contribution in [0.3, 0.4) is 0 Å². The molecule has 2 saturated carbocycles. The molecule has 1 aliphatic heterocycles. The third-order valence-corrected chi connectivity index (χ3v) is 6.91. The lowest BCUT2D eigenvalue weighted by molar-refractivity contribution is -0.0973. The Morgan fingerprint density at radius 1 is 0.821 bits per heavy atom. The van der Waals surface area contributed by atoms with Crippen LogP contribution in [0.5, 0.6) is 11.5 Å². The Balaban J connectivity index is 1.19. The molecule has 1 aromatic rings. The van der Waals surface area contributed by atoms with E-state index in [0.29, 0.717) is 18.4 Å². The van der Waals surface area contributed by atoms with Crippen LogP contribution >= 0.6 is 0 Å². The van der Waals surface area contributed by atoms with Crippen molar-refractivity contribution in [3.63, 3.8) is 0 Å². The van der Waals surface area contributed by atoms with Gasteiger partial charge in [-0.1, -0.05) is 0 Å². The first kappa shape index (κ1) is 19.9. The van der Waals surface area contributed by atoms with Crippen molar-refractivity contribution in [2.75, 3.05) is 19.8 Å². The minimum atomic E-state index is -1.25. The van der Waals surface area contributed by atoms with Crippen LogP contribution < -0.4 is 4.74 Å². The summed E-state index contributed by atoms with van der Waals surface area (Å²) in [7, 11) is 0. The average molecular weight is 396 g/mol. The monoisotopic (exact) mass is 396 g/mol. The van der Waals surface area contributed by atoms with Crippen molar-refractivity contribution in [3.05, 3.63) is 23.8 Å².